The highest BCUT2D eigenvalue weighted by Gasteiger charge is 2.13. The Hall–Kier alpha value is -1.52. The Kier molecular flexibility index (Phi) is 6.25. The molecule has 1 aromatic rings. The van der Waals surface area contributed by atoms with E-state index in [1.54, 1.807) is 11.0 Å². The summed E-state index contributed by atoms with van der Waals surface area (Å²) in [4.78, 5) is 13.8. The summed E-state index contributed by atoms with van der Waals surface area (Å²) >= 11 is 0. The maximum absolute atomic E-state index is 12.0. The van der Waals surface area contributed by atoms with Gasteiger partial charge in [0.1, 0.15) is 5.76 Å². The first-order valence-corrected chi connectivity index (χ1v) is 6.72. The summed E-state index contributed by atoms with van der Waals surface area (Å²) in [5.74, 6) is 1.31. The van der Waals surface area contributed by atoms with Crippen LogP contribution in [0.4, 0.5) is 10.6 Å². The van der Waals surface area contributed by atoms with Crippen LogP contribution in [0.25, 0.3) is 0 Å². The lowest BCUT2D eigenvalue weighted by Crippen LogP contribution is -2.36. The average molecular weight is 253 g/mol. The molecule has 1 heterocycles. The van der Waals surface area contributed by atoms with Gasteiger partial charge in [0.25, 0.3) is 0 Å². The zero-order chi connectivity index (χ0) is 13.4. The van der Waals surface area contributed by atoms with Crippen molar-refractivity contribution in [3.05, 3.63) is 11.8 Å². The molecule has 0 saturated heterocycles. The van der Waals surface area contributed by atoms with Crippen molar-refractivity contribution in [1.29, 1.82) is 0 Å². The van der Waals surface area contributed by atoms with Crippen molar-refractivity contribution in [2.24, 2.45) is 0 Å². The van der Waals surface area contributed by atoms with Crippen LogP contribution in [0.5, 0.6) is 0 Å². The second-order valence-electron chi connectivity index (χ2n) is 4.35. The Labute approximate surface area is 109 Å². The van der Waals surface area contributed by atoms with Crippen molar-refractivity contribution in [1.82, 2.24) is 10.1 Å². The summed E-state index contributed by atoms with van der Waals surface area (Å²) in [6, 6.07) is 1.69. The van der Waals surface area contributed by atoms with Crippen LogP contribution in [0.1, 0.15) is 45.8 Å². The number of urea groups is 1. The quantitative estimate of drug-likeness (QED) is 0.811. The highest BCUT2D eigenvalue weighted by molar-refractivity contribution is 5.88. The van der Waals surface area contributed by atoms with E-state index in [1.807, 2.05) is 0 Å². The van der Waals surface area contributed by atoms with E-state index in [9.17, 15) is 4.79 Å². The van der Waals surface area contributed by atoms with E-state index in [-0.39, 0.29) is 6.03 Å². The SMILES string of the molecule is CCCc1cc(NC(=O)N(CCC)CCC)no1. The molecule has 0 aliphatic carbocycles. The zero-order valence-electron chi connectivity index (χ0n) is 11.5. The normalized spacial score (nSPS) is 10.4. The first kappa shape index (κ1) is 14.5. The van der Waals surface area contributed by atoms with Gasteiger partial charge in [0.05, 0.1) is 0 Å². The van der Waals surface area contributed by atoms with Crippen molar-refractivity contribution in [3.63, 3.8) is 0 Å². The maximum atomic E-state index is 12.0. The van der Waals surface area contributed by atoms with E-state index >= 15 is 0 Å². The summed E-state index contributed by atoms with van der Waals surface area (Å²) in [6.07, 6.45) is 3.75. The summed E-state index contributed by atoms with van der Waals surface area (Å²) in [5, 5.41) is 6.62. The van der Waals surface area contributed by atoms with E-state index in [0.717, 1.165) is 44.5 Å². The molecule has 1 aromatic heterocycles. The first-order valence-electron chi connectivity index (χ1n) is 6.72. The fourth-order valence-electron chi connectivity index (χ4n) is 1.78. The largest absolute Gasteiger partial charge is 0.359 e. The van der Waals surface area contributed by atoms with Gasteiger partial charge >= 0.3 is 6.03 Å². The second kappa shape index (κ2) is 7.74. The van der Waals surface area contributed by atoms with Crippen molar-refractivity contribution in [3.8, 4) is 0 Å². The maximum Gasteiger partial charge on any atom is 0.323 e. The van der Waals surface area contributed by atoms with Crippen LogP contribution in [-0.4, -0.2) is 29.2 Å². The third-order valence-corrected chi connectivity index (χ3v) is 2.56. The molecule has 0 bridgehead atoms. The zero-order valence-corrected chi connectivity index (χ0v) is 11.5. The predicted octanol–water partition coefficient (Wildman–Crippen LogP) is 3.28. The predicted molar refractivity (Wildman–Crippen MR) is 71.7 cm³/mol. The number of amides is 2. The van der Waals surface area contributed by atoms with Gasteiger partial charge in [0.15, 0.2) is 5.82 Å². The molecule has 1 rings (SSSR count). The summed E-state index contributed by atoms with van der Waals surface area (Å²) < 4.78 is 5.12. The Morgan fingerprint density at radius 1 is 1.28 bits per heavy atom. The molecule has 1 N–H and O–H groups in total. The van der Waals surface area contributed by atoms with Crippen LogP contribution >= 0.6 is 0 Å². The van der Waals surface area contributed by atoms with Gasteiger partial charge < -0.3 is 9.42 Å². The highest BCUT2D eigenvalue weighted by atomic mass is 16.5. The lowest BCUT2D eigenvalue weighted by molar-refractivity contribution is 0.211. The van der Waals surface area contributed by atoms with Gasteiger partial charge in [0, 0.05) is 25.6 Å². The van der Waals surface area contributed by atoms with Gasteiger partial charge in [-0.25, -0.2) is 4.79 Å². The molecule has 5 nitrogen and oxygen atoms in total. The number of rotatable bonds is 7. The van der Waals surface area contributed by atoms with Crippen LogP contribution in [-0.2, 0) is 6.42 Å². The van der Waals surface area contributed by atoms with Crippen LogP contribution in [0, 0.1) is 0 Å². The van der Waals surface area contributed by atoms with Crippen molar-refractivity contribution >= 4 is 11.8 Å². The Morgan fingerprint density at radius 3 is 2.50 bits per heavy atom. The van der Waals surface area contributed by atoms with Crippen molar-refractivity contribution < 1.29 is 9.32 Å². The fourth-order valence-corrected chi connectivity index (χ4v) is 1.78. The van der Waals surface area contributed by atoms with Gasteiger partial charge in [-0.1, -0.05) is 25.9 Å². The number of carbonyl (C=O) groups excluding carboxylic acids is 1. The van der Waals surface area contributed by atoms with Crippen molar-refractivity contribution in [2.45, 2.75) is 46.5 Å². The molecule has 0 spiro atoms. The standard InChI is InChI=1S/C13H23N3O2/c1-4-7-11-10-12(15-18-11)14-13(17)16(8-5-2)9-6-3/h10H,4-9H2,1-3H3,(H,14,15,17). The fraction of sp³-hybridized carbons (Fsp3) is 0.692. The molecule has 102 valence electrons. The molecule has 0 saturated carbocycles. The molecule has 18 heavy (non-hydrogen) atoms. The van der Waals surface area contributed by atoms with Crippen LogP contribution in [0.2, 0.25) is 0 Å². The number of hydrogen-bond donors (Lipinski definition) is 1. The summed E-state index contributed by atoms with van der Waals surface area (Å²) in [5.41, 5.74) is 0. The first-order chi connectivity index (χ1) is 8.71. The molecule has 0 aromatic carbocycles. The third-order valence-electron chi connectivity index (χ3n) is 2.56. The smallest absolute Gasteiger partial charge is 0.323 e. The third kappa shape index (κ3) is 4.39. The summed E-state index contributed by atoms with van der Waals surface area (Å²) in [6.45, 7) is 7.72. The second-order valence-corrected chi connectivity index (χ2v) is 4.35. The van der Waals surface area contributed by atoms with E-state index < -0.39 is 0 Å². The monoisotopic (exact) mass is 253 g/mol. The number of carbonyl (C=O) groups is 1. The molecular formula is C13H23N3O2. The molecule has 0 radical (unpaired) electrons. The molecular weight excluding hydrogens is 230 g/mol. The van der Waals surface area contributed by atoms with E-state index in [0.29, 0.717) is 5.82 Å². The van der Waals surface area contributed by atoms with Gasteiger partial charge in [-0.05, 0) is 19.3 Å². The highest BCUT2D eigenvalue weighted by Crippen LogP contribution is 2.11. The van der Waals surface area contributed by atoms with Gasteiger partial charge in [-0.3, -0.25) is 5.32 Å². The minimum Gasteiger partial charge on any atom is -0.359 e. The van der Waals surface area contributed by atoms with Crippen LogP contribution in [0.3, 0.4) is 0 Å². The Morgan fingerprint density at radius 2 is 1.94 bits per heavy atom. The minimum absolute atomic E-state index is 0.102. The van der Waals surface area contributed by atoms with Crippen LogP contribution in [0.15, 0.2) is 10.6 Å². The summed E-state index contributed by atoms with van der Waals surface area (Å²) in [7, 11) is 0. The number of hydrogen-bond acceptors (Lipinski definition) is 3. The molecule has 2 amide bonds. The molecule has 0 unspecified atom stereocenters. The van der Waals surface area contributed by atoms with E-state index in [2.05, 4.69) is 31.2 Å². The number of nitrogens with one attached hydrogen (secondary N) is 1. The van der Waals surface area contributed by atoms with Crippen molar-refractivity contribution in [2.75, 3.05) is 18.4 Å². The average Bonchev–Trinajstić information content (AvgIpc) is 2.77. The molecule has 5 heteroatoms. The molecule has 0 aliphatic rings. The topological polar surface area (TPSA) is 58.4 Å². The van der Waals surface area contributed by atoms with Crippen LogP contribution < -0.4 is 5.32 Å². The van der Waals surface area contributed by atoms with Gasteiger partial charge in [0.2, 0.25) is 0 Å². The van der Waals surface area contributed by atoms with E-state index in [4.69, 9.17) is 4.52 Å². The number of aryl methyl sites for hydroxylation is 1. The van der Waals surface area contributed by atoms with E-state index in [1.165, 1.54) is 0 Å². The molecule has 0 atom stereocenters. The van der Waals surface area contributed by atoms with Gasteiger partial charge in [-0.2, -0.15) is 0 Å². The molecule has 0 fully saturated rings. The number of aromatic nitrogens is 1. The Balaban J connectivity index is 2.55. The number of nitrogens with zero attached hydrogens (tertiary/aromatic N) is 2. The minimum atomic E-state index is -0.102. The molecule has 0 aliphatic heterocycles. The lowest BCUT2D eigenvalue weighted by atomic mass is 10.3. The number of anilines is 1. The van der Waals surface area contributed by atoms with Gasteiger partial charge in [-0.15, -0.1) is 0 Å². The lowest BCUT2D eigenvalue weighted by Gasteiger charge is -2.20. The Bertz CT molecular complexity index is 357.